The Kier molecular flexibility index (Phi) is 3.59. The molecule has 3 saturated heterocycles. The number of nitrogens with zero attached hydrogens (tertiary/aromatic N) is 2. The molecule has 7 heteroatoms. The second kappa shape index (κ2) is 5.69. The largest absolute Gasteiger partial charge is 0.497 e. The minimum absolute atomic E-state index is 0.131. The highest BCUT2D eigenvalue weighted by Gasteiger charge is 2.85. The van der Waals surface area contributed by atoms with Crippen molar-refractivity contribution in [2.24, 2.45) is 5.41 Å². The van der Waals surface area contributed by atoms with Crippen molar-refractivity contribution in [2.45, 2.75) is 61.5 Å². The third kappa shape index (κ3) is 1.65. The van der Waals surface area contributed by atoms with Crippen LogP contribution in [0.15, 0.2) is 18.2 Å². The number of fused-ring (bicyclic) bond motifs is 3. The van der Waals surface area contributed by atoms with Gasteiger partial charge in [-0.2, -0.15) is 0 Å². The van der Waals surface area contributed by atoms with E-state index in [1.807, 2.05) is 13.1 Å². The summed E-state index contributed by atoms with van der Waals surface area (Å²) in [6.07, 6.45) is 1.49. The second-order valence-electron chi connectivity index (χ2n) is 9.67. The first kappa shape index (κ1) is 18.9. The van der Waals surface area contributed by atoms with Gasteiger partial charge in [-0.25, -0.2) is 4.79 Å². The van der Waals surface area contributed by atoms with Gasteiger partial charge in [-0.3, -0.25) is 4.90 Å². The summed E-state index contributed by atoms with van der Waals surface area (Å²) in [5.74, 6) is 0.334. The molecule has 1 aliphatic carbocycles. The number of methoxy groups -OCH3 is 2. The molecule has 0 amide bonds. The number of hydrogen-bond acceptors (Lipinski definition) is 7. The highest BCUT2D eigenvalue weighted by atomic mass is 16.6. The fourth-order valence-electron chi connectivity index (χ4n) is 8.36. The fourth-order valence-corrected chi connectivity index (χ4v) is 8.36. The Morgan fingerprint density at radius 1 is 1.30 bits per heavy atom. The summed E-state index contributed by atoms with van der Waals surface area (Å²) < 4.78 is 17.5. The standard InChI is InChI=1S/C23H30N2O5/c1-5-21-16-8-10-25-11-9-22(17(21)25)14-7-6-13(28-3)12-15(14)24(2)18(22)23(30-16,19(21)26)20(27)29-4/h6-7,12,16-19,26H,5,8-11H2,1-4H3/t16-,17+,18?,19-,21-,22-,23+/m1/s1. The van der Waals surface area contributed by atoms with E-state index in [2.05, 4.69) is 28.9 Å². The van der Waals surface area contributed by atoms with E-state index in [9.17, 15) is 9.90 Å². The molecular weight excluding hydrogens is 384 g/mol. The van der Waals surface area contributed by atoms with E-state index in [1.165, 1.54) is 12.7 Å². The van der Waals surface area contributed by atoms with Crippen molar-refractivity contribution in [3.05, 3.63) is 23.8 Å². The van der Waals surface area contributed by atoms with Gasteiger partial charge < -0.3 is 24.2 Å². The zero-order valence-corrected chi connectivity index (χ0v) is 18.1. The predicted octanol–water partition coefficient (Wildman–Crippen LogP) is 1.31. The molecule has 6 rings (SSSR count). The number of carbonyl (C=O) groups excluding carboxylic acids is 1. The number of anilines is 1. The molecule has 0 aromatic heterocycles. The minimum atomic E-state index is -1.40. The lowest BCUT2D eigenvalue weighted by Gasteiger charge is -2.60. The smallest absolute Gasteiger partial charge is 0.343 e. The van der Waals surface area contributed by atoms with Crippen LogP contribution in [-0.2, 0) is 19.7 Å². The number of piperidine rings is 1. The monoisotopic (exact) mass is 414 g/mol. The summed E-state index contributed by atoms with van der Waals surface area (Å²) in [5, 5.41) is 11.9. The number of likely N-dealkylation sites (N-methyl/N-ethyl adjacent to an activating group) is 1. The topological polar surface area (TPSA) is 71.5 Å². The zero-order valence-electron chi connectivity index (χ0n) is 18.1. The van der Waals surface area contributed by atoms with Crippen LogP contribution in [0.3, 0.4) is 0 Å². The Balaban J connectivity index is 1.69. The number of carbonyl (C=O) groups is 1. The summed E-state index contributed by atoms with van der Waals surface area (Å²) >= 11 is 0. The number of ether oxygens (including phenoxy) is 3. The van der Waals surface area contributed by atoms with Crippen molar-refractivity contribution in [3.8, 4) is 5.75 Å². The van der Waals surface area contributed by atoms with Crippen LogP contribution in [-0.4, -0.2) is 80.2 Å². The maximum Gasteiger partial charge on any atom is 0.343 e. The van der Waals surface area contributed by atoms with E-state index in [0.29, 0.717) is 0 Å². The van der Waals surface area contributed by atoms with Crippen LogP contribution in [0.4, 0.5) is 5.69 Å². The third-order valence-corrected chi connectivity index (χ3v) is 9.19. The molecule has 162 valence electrons. The Hall–Kier alpha value is -1.83. The van der Waals surface area contributed by atoms with Gasteiger partial charge in [0.25, 0.3) is 0 Å². The van der Waals surface area contributed by atoms with Crippen LogP contribution in [0.25, 0.3) is 0 Å². The molecular formula is C23H30N2O5. The van der Waals surface area contributed by atoms with Crippen LogP contribution in [0, 0.1) is 5.41 Å². The van der Waals surface area contributed by atoms with E-state index in [0.717, 1.165) is 43.8 Å². The molecule has 4 heterocycles. The molecule has 5 aliphatic rings. The fraction of sp³-hybridized carbons (Fsp3) is 0.696. The number of benzene rings is 1. The lowest BCUT2D eigenvalue weighted by Crippen LogP contribution is -2.78. The van der Waals surface area contributed by atoms with Crippen molar-refractivity contribution < 1.29 is 24.1 Å². The minimum Gasteiger partial charge on any atom is -0.497 e. The number of esters is 1. The number of aliphatic hydroxyl groups excluding tert-OH is 1. The highest BCUT2D eigenvalue weighted by Crippen LogP contribution is 2.72. The molecule has 30 heavy (non-hydrogen) atoms. The van der Waals surface area contributed by atoms with Gasteiger partial charge in [-0.1, -0.05) is 13.0 Å². The van der Waals surface area contributed by atoms with Gasteiger partial charge in [0.05, 0.1) is 26.4 Å². The van der Waals surface area contributed by atoms with E-state index in [-0.39, 0.29) is 23.6 Å². The van der Waals surface area contributed by atoms with Gasteiger partial charge in [0, 0.05) is 42.2 Å². The third-order valence-electron chi connectivity index (χ3n) is 9.19. The van der Waals surface area contributed by atoms with Crippen LogP contribution in [0.2, 0.25) is 0 Å². The van der Waals surface area contributed by atoms with Crippen molar-refractivity contribution in [1.82, 2.24) is 4.90 Å². The van der Waals surface area contributed by atoms with E-state index in [1.54, 1.807) is 7.11 Å². The summed E-state index contributed by atoms with van der Waals surface area (Å²) in [7, 11) is 5.09. The Bertz CT molecular complexity index is 938. The number of aliphatic hydroxyl groups is 1. The zero-order chi connectivity index (χ0) is 21.1. The van der Waals surface area contributed by atoms with E-state index < -0.39 is 23.1 Å². The van der Waals surface area contributed by atoms with Gasteiger partial charge in [0.2, 0.25) is 5.60 Å². The molecule has 1 unspecified atom stereocenters. The Morgan fingerprint density at radius 2 is 2.10 bits per heavy atom. The number of rotatable bonds is 3. The van der Waals surface area contributed by atoms with E-state index >= 15 is 0 Å². The lowest BCUT2D eigenvalue weighted by molar-refractivity contribution is -0.188. The second-order valence-corrected chi connectivity index (χ2v) is 9.67. The molecule has 1 N–H and O–H groups in total. The van der Waals surface area contributed by atoms with Crippen molar-refractivity contribution in [1.29, 1.82) is 0 Å². The summed E-state index contributed by atoms with van der Waals surface area (Å²) in [4.78, 5) is 18.2. The predicted molar refractivity (Wildman–Crippen MR) is 110 cm³/mol. The van der Waals surface area contributed by atoms with Crippen LogP contribution in [0.5, 0.6) is 5.75 Å². The highest BCUT2D eigenvalue weighted by molar-refractivity contribution is 5.87. The molecule has 1 spiro atoms. The maximum atomic E-state index is 13.5. The lowest BCUT2D eigenvalue weighted by atomic mass is 9.48. The first-order chi connectivity index (χ1) is 14.4. The van der Waals surface area contributed by atoms with Gasteiger partial charge in [-0.15, -0.1) is 0 Å². The van der Waals surface area contributed by atoms with Crippen molar-refractivity contribution in [2.75, 3.05) is 39.3 Å². The molecule has 0 radical (unpaired) electrons. The average molecular weight is 415 g/mol. The Morgan fingerprint density at radius 3 is 2.80 bits per heavy atom. The first-order valence-corrected chi connectivity index (χ1v) is 11.0. The molecule has 4 fully saturated rings. The van der Waals surface area contributed by atoms with Gasteiger partial charge in [-0.05, 0) is 37.4 Å². The molecule has 2 bridgehead atoms. The molecule has 4 aliphatic heterocycles. The average Bonchev–Trinajstić information content (AvgIpc) is 3.36. The number of hydrogen-bond donors (Lipinski definition) is 1. The Labute approximate surface area is 176 Å². The van der Waals surface area contributed by atoms with Gasteiger partial charge >= 0.3 is 5.97 Å². The van der Waals surface area contributed by atoms with Gasteiger partial charge in [0.15, 0.2) is 0 Å². The summed E-state index contributed by atoms with van der Waals surface area (Å²) in [6.45, 7) is 4.04. The van der Waals surface area contributed by atoms with Crippen LogP contribution >= 0.6 is 0 Å². The van der Waals surface area contributed by atoms with Crippen molar-refractivity contribution in [3.63, 3.8) is 0 Å². The first-order valence-electron chi connectivity index (χ1n) is 11.0. The molecule has 7 nitrogen and oxygen atoms in total. The summed E-state index contributed by atoms with van der Waals surface area (Å²) in [5.41, 5.74) is 0.123. The normalized spacial score (nSPS) is 45.3. The van der Waals surface area contributed by atoms with Crippen LogP contribution in [0.1, 0.15) is 31.7 Å². The molecule has 1 saturated carbocycles. The van der Waals surface area contributed by atoms with E-state index in [4.69, 9.17) is 14.2 Å². The van der Waals surface area contributed by atoms with Crippen LogP contribution < -0.4 is 9.64 Å². The maximum absolute atomic E-state index is 13.5. The summed E-state index contributed by atoms with van der Waals surface area (Å²) in [6, 6.07) is 6.04. The van der Waals surface area contributed by atoms with Crippen molar-refractivity contribution >= 4 is 11.7 Å². The quantitative estimate of drug-likeness (QED) is 0.748. The molecule has 1 aromatic rings. The SMILES string of the molecule is CC[C@@]12[C@@H](O)[C@@]3(C(=O)OC)O[C@@H]1CCN1CC[C@@]4(c5ccc(OC)cc5N(C)C43)[C@@H]12. The molecule has 7 atom stereocenters. The molecule has 1 aromatic carbocycles. The van der Waals surface area contributed by atoms with Gasteiger partial charge in [0.1, 0.15) is 11.9 Å².